The highest BCUT2D eigenvalue weighted by Crippen LogP contribution is 2.52. The maximum atomic E-state index is 11.6. The molecular weight excluding hydrogens is 198 g/mol. The highest BCUT2D eigenvalue weighted by atomic mass is 16.6. The van der Waals surface area contributed by atoms with Gasteiger partial charge in [0.15, 0.2) is 0 Å². The number of carbonyl (C=O) groups excluding carboxylic acids is 1. The van der Waals surface area contributed by atoms with Crippen LogP contribution in [0.5, 0.6) is 0 Å². The van der Waals surface area contributed by atoms with E-state index in [0.717, 1.165) is 0 Å². The minimum atomic E-state index is -1.08. The zero-order chi connectivity index (χ0) is 11.9. The molecule has 86 valence electrons. The van der Waals surface area contributed by atoms with Gasteiger partial charge in [-0.15, -0.1) is 0 Å². The molecule has 0 aromatic rings. The maximum absolute atomic E-state index is 11.6. The minimum absolute atomic E-state index is 0.0216. The van der Waals surface area contributed by atoms with Gasteiger partial charge in [-0.3, -0.25) is 9.59 Å². The van der Waals surface area contributed by atoms with Crippen molar-refractivity contribution in [2.75, 3.05) is 6.54 Å². The summed E-state index contributed by atoms with van der Waals surface area (Å²) in [5.41, 5.74) is 3.71. The Kier molecular flexibility index (Phi) is 2.78. The molecule has 0 amide bonds. The first-order valence-electron chi connectivity index (χ1n) is 4.89. The molecule has 15 heavy (non-hydrogen) atoms. The van der Waals surface area contributed by atoms with E-state index in [1.54, 1.807) is 20.8 Å². The van der Waals surface area contributed by atoms with E-state index in [-0.39, 0.29) is 13.0 Å². The van der Waals surface area contributed by atoms with E-state index in [1.807, 2.05) is 0 Å². The Hall–Kier alpha value is -1.10. The van der Waals surface area contributed by atoms with E-state index in [1.165, 1.54) is 0 Å². The molecule has 1 saturated carbocycles. The molecule has 0 aromatic heterocycles. The number of hydrogen-bond acceptors (Lipinski definition) is 4. The largest absolute Gasteiger partial charge is 0.481 e. The van der Waals surface area contributed by atoms with E-state index in [4.69, 9.17) is 15.6 Å². The molecule has 0 spiro atoms. The fourth-order valence-electron chi connectivity index (χ4n) is 1.54. The second-order valence-corrected chi connectivity index (χ2v) is 4.96. The Morgan fingerprint density at radius 3 is 2.33 bits per heavy atom. The summed E-state index contributed by atoms with van der Waals surface area (Å²) < 4.78 is 5.11. The molecular formula is C10H17NO4. The molecule has 5 heteroatoms. The second kappa shape index (κ2) is 3.48. The van der Waals surface area contributed by atoms with Crippen molar-refractivity contribution >= 4 is 11.9 Å². The van der Waals surface area contributed by atoms with Crippen LogP contribution in [-0.2, 0) is 14.3 Å². The first-order chi connectivity index (χ1) is 6.73. The number of ether oxygens (including phenoxy) is 1. The van der Waals surface area contributed by atoms with Crippen molar-refractivity contribution in [3.8, 4) is 0 Å². The van der Waals surface area contributed by atoms with E-state index >= 15 is 0 Å². The summed E-state index contributed by atoms with van der Waals surface area (Å²) in [6.45, 7) is 5.22. The Morgan fingerprint density at radius 1 is 1.53 bits per heavy atom. The second-order valence-electron chi connectivity index (χ2n) is 4.96. The van der Waals surface area contributed by atoms with Crippen LogP contribution in [0.2, 0.25) is 0 Å². The van der Waals surface area contributed by atoms with Gasteiger partial charge >= 0.3 is 11.9 Å². The fourth-order valence-corrected chi connectivity index (χ4v) is 1.54. The Balaban J connectivity index is 2.63. The number of nitrogens with two attached hydrogens (primary N) is 1. The van der Waals surface area contributed by atoms with Crippen LogP contribution >= 0.6 is 0 Å². The standard InChI is InChI=1S/C10H17NO4/c1-9(2,3)15-7(12)6-4-10(6,5-11)8(13)14/h6H,4-5,11H2,1-3H3,(H,13,14). The smallest absolute Gasteiger partial charge is 0.311 e. The summed E-state index contributed by atoms with van der Waals surface area (Å²) in [5.74, 6) is -2.06. The lowest BCUT2D eigenvalue weighted by molar-refractivity contribution is -0.160. The highest BCUT2D eigenvalue weighted by Gasteiger charge is 2.64. The van der Waals surface area contributed by atoms with E-state index in [0.29, 0.717) is 0 Å². The third kappa shape index (κ3) is 2.28. The van der Waals surface area contributed by atoms with Gasteiger partial charge in [0.1, 0.15) is 5.60 Å². The van der Waals surface area contributed by atoms with Gasteiger partial charge in [-0.25, -0.2) is 0 Å². The quantitative estimate of drug-likeness (QED) is 0.664. The summed E-state index contributed by atoms with van der Waals surface area (Å²) >= 11 is 0. The van der Waals surface area contributed by atoms with Crippen LogP contribution in [0.4, 0.5) is 0 Å². The van der Waals surface area contributed by atoms with Crippen LogP contribution in [0.1, 0.15) is 27.2 Å². The van der Waals surface area contributed by atoms with Gasteiger partial charge in [0.25, 0.3) is 0 Å². The van der Waals surface area contributed by atoms with Crippen LogP contribution in [0.3, 0.4) is 0 Å². The molecule has 0 radical (unpaired) electrons. The van der Waals surface area contributed by atoms with E-state index in [2.05, 4.69) is 0 Å². The molecule has 0 bridgehead atoms. The summed E-state index contributed by atoms with van der Waals surface area (Å²) in [5, 5.41) is 8.93. The lowest BCUT2D eigenvalue weighted by atomic mass is 10.0. The Bertz CT molecular complexity index is 294. The lowest BCUT2D eigenvalue weighted by Crippen LogP contribution is -2.32. The van der Waals surface area contributed by atoms with Crippen LogP contribution in [-0.4, -0.2) is 29.2 Å². The molecule has 1 aliphatic rings. The SMILES string of the molecule is CC(C)(C)OC(=O)C1CC1(CN)C(=O)O. The lowest BCUT2D eigenvalue weighted by Gasteiger charge is -2.20. The summed E-state index contributed by atoms with van der Waals surface area (Å²) in [6, 6.07) is 0. The Morgan fingerprint density at radius 2 is 2.07 bits per heavy atom. The topological polar surface area (TPSA) is 89.6 Å². The van der Waals surface area contributed by atoms with Crippen molar-refractivity contribution < 1.29 is 19.4 Å². The zero-order valence-electron chi connectivity index (χ0n) is 9.24. The maximum Gasteiger partial charge on any atom is 0.311 e. The highest BCUT2D eigenvalue weighted by molar-refractivity contribution is 5.90. The van der Waals surface area contributed by atoms with Gasteiger partial charge in [0, 0.05) is 6.54 Å². The van der Waals surface area contributed by atoms with Gasteiger partial charge in [0.05, 0.1) is 11.3 Å². The molecule has 0 aromatic carbocycles. The number of carboxylic acid groups (broad SMARTS) is 1. The van der Waals surface area contributed by atoms with Crippen molar-refractivity contribution in [3.63, 3.8) is 0 Å². The van der Waals surface area contributed by atoms with Gasteiger partial charge in [-0.2, -0.15) is 0 Å². The first kappa shape index (κ1) is 12.0. The van der Waals surface area contributed by atoms with Gasteiger partial charge < -0.3 is 15.6 Å². The molecule has 0 aliphatic heterocycles. The van der Waals surface area contributed by atoms with Crippen molar-refractivity contribution in [2.45, 2.75) is 32.8 Å². The van der Waals surface area contributed by atoms with E-state index < -0.39 is 28.9 Å². The third-order valence-corrected chi connectivity index (χ3v) is 2.56. The van der Waals surface area contributed by atoms with Gasteiger partial charge in [0.2, 0.25) is 0 Å². The summed E-state index contributed by atoms with van der Waals surface area (Å²) in [7, 11) is 0. The van der Waals surface area contributed by atoms with Crippen molar-refractivity contribution in [1.82, 2.24) is 0 Å². The number of aliphatic carboxylic acids is 1. The van der Waals surface area contributed by atoms with Crippen molar-refractivity contribution in [2.24, 2.45) is 17.1 Å². The zero-order valence-corrected chi connectivity index (χ0v) is 9.24. The predicted octanol–water partition coefficient (Wildman–Crippen LogP) is 0.378. The third-order valence-electron chi connectivity index (χ3n) is 2.56. The fraction of sp³-hybridized carbons (Fsp3) is 0.800. The molecule has 2 unspecified atom stereocenters. The molecule has 2 atom stereocenters. The number of carbonyl (C=O) groups is 2. The number of esters is 1. The molecule has 1 aliphatic carbocycles. The molecule has 5 nitrogen and oxygen atoms in total. The summed E-state index contributed by atoms with van der Waals surface area (Å²) in [4.78, 5) is 22.5. The average molecular weight is 215 g/mol. The Labute approximate surface area is 88.6 Å². The number of rotatable bonds is 3. The molecule has 0 saturated heterocycles. The van der Waals surface area contributed by atoms with Crippen LogP contribution < -0.4 is 5.73 Å². The van der Waals surface area contributed by atoms with Crippen molar-refractivity contribution in [3.05, 3.63) is 0 Å². The van der Waals surface area contributed by atoms with Crippen molar-refractivity contribution in [1.29, 1.82) is 0 Å². The monoisotopic (exact) mass is 215 g/mol. The van der Waals surface area contributed by atoms with Gasteiger partial charge in [-0.1, -0.05) is 0 Å². The van der Waals surface area contributed by atoms with Gasteiger partial charge in [-0.05, 0) is 27.2 Å². The molecule has 3 N–H and O–H groups in total. The molecule has 0 heterocycles. The van der Waals surface area contributed by atoms with Crippen LogP contribution in [0.25, 0.3) is 0 Å². The summed E-state index contributed by atoms with van der Waals surface area (Å²) in [6.07, 6.45) is 0.285. The van der Waals surface area contributed by atoms with E-state index in [9.17, 15) is 9.59 Å². The first-order valence-corrected chi connectivity index (χ1v) is 4.89. The minimum Gasteiger partial charge on any atom is -0.481 e. The molecule has 1 fully saturated rings. The van der Waals surface area contributed by atoms with Crippen LogP contribution in [0, 0.1) is 11.3 Å². The average Bonchev–Trinajstić information content (AvgIpc) is 2.75. The normalized spacial score (nSPS) is 29.7. The number of hydrogen-bond donors (Lipinski definition) is 2. The predicted molar refractivity (Wildman–Crippen MR) is 53.1 cm³/mol. The number of carboxylic acids is 1. The van der Waals surface area contributed by atoms with Crippen LogP contribution in [0.15, 0.2) is 0 Å². The molecule has 1 rings (SSSR count).